The number of nitrogens with zero attached hydrogens (tertiary/aromatic N) is 3. The molecule has 31 heavy (non-hydrogen) atoms. The van der Waals surface area contributed by atoms with Gasteiger partial charge in [-0.2, -0.15) is 0 Å². The maximum atomic E-state index is 13.5. The number of hydrogen-bond donors (Lipinski definition) is 3. The Bertz CT molecular complexity index is 1080. The van der Waals surface area contributed by atoms with E-state index >= 15 is 0 Å². The van der Waals surface area contributed by atoms with Gasteiger partial charge in [0.2, 0.25) is 5.91 Å². The molecule has 7 nitrogen and oxygen atoms in total. The minimum absolute atomic E-state index is 0.138. The number of H-pyrrole nitrogens is 1. The van der Waals surface area contributed by atoms with Gasteiger partial charge in [0.15, 0.2) is 0 Å². The Labute approximate surface area is 190 Å². The fourth-order valence-corrected chi connectivity index (χ4v) is 4.83. The number of piperidine rings is 1. The van der Waals surface area contributed by atoms with Crippen molar-refractivity contribution in [2.45, 2.75) is 37.8 Å². The topological polar surface area (TPSA) is 85.9 Å². The zero-order valence-electron chi connectivity index (χ0n) is 16.9. The molecule has 0 radical (unpaired) electrons. The molecule has 1 aliphatic heterocycles. The number of rotatable bonds is 6. The van der Waals surface area contributed by atoms with E-state index in [1.807, 2.05) is 29.3 Å². The normalized spacial score (nSPS) is 19.9. The Morgan fingerprint density at radius 3 is 2.74 bits per heavy atom. The van der Waals surface area contributed by atoms with Crippen LogP contribution in [0, 0.1) is 5.92 Å². The lowest BCUT2D eigenvalue weighted by Gasteiger charge is -2.36. The van der Waals surface area contributed by atoms with Gasteiger partial charge in [0.1, 0.15) is 23.8 Å². The number of aromatic nitrogens is 3. The molecule has 2 fully saturated rings. The molecule has 0 bridgehead atoms. The Kier molecular flexibility index (Phi) is 5.63. The summed E-state index contributed by atoms with van der Waals surface area (Å²) in [7, 11) is 0. The third kappa shape index (κ3) is 4.57. The number of carbonyl (C=O) groups excluding carboxylic acids is 1. The van der Waals surface area contributed by atoms with Crippen molar-refractivity contribution >= 4 is 51.6 Å². The first-order valence-corrected chi connectivity index (χ1v) is 11.4. The summed E-state index contributed by atoms with van der Waals surface area (Å²) in [6.45, 7) is 1.41. The second kappa shape index (κ2) is 8.55. The maximum absolute atomic E-state index is 13.5. The number of fused-ring (bicyclic) bond motifs is 1. The highest BCUT2D eigenvalue weighted by molar-refractivity contribution is 6.35. The molecule has 9 heteroatoms. The molecule has 3 aromatic rings. The molecule has 2 aromatic heterocycles. The van der Waals surface area contributed by atoms with Crippen LogP contribution in [0.25, 0.3) is 11.0 Å². The minimum atomic E-state index is -0.260. The molecule has 5 rings (SSSR count). The van der Waals surface area contributed by atoms with Gasteiger partial charge in [-0.05, 0) is 55.9 Å². The quantitative estimate of drug-likeness (QED) is 0.503. The Morgan fingerprint density at radius 2 is 1.97 bits per heavy atom. The van der Waals surface area contributed by atoms with Crippen LogP contribution in [0.1, 0.15) is 25.7 Å². The van der Waals surface area contributed by atoms with Gasteiger partial charge < -0.3 is 20.5 Å². The van der Waals surface area contributed by atoms with Crippen molar-refractivity contribution in [3.05, 3.63) is 46.8 Å². The summed E-state index contributed by atoms with van der Waals surface area (Å²) in [5.74, 6) is 1.29. The Balaban J connectivity index is 1.29. The molecule has 0 spiro atoms. The van der Waals surface area contributed by atoms with E-state index in [0.717, 1.165) is 54.8 Å². The van der Waals surface area contributed by atoms with E-state index in [1.54, 1.807) is 12.4 Å². The van der Waals surface area contributed by atoms with E-state index < -0.39 is 0 Å². The SMILES string of the molecule is O=C(C(Nc1cc(Cl)cc(Cl)c1)C1CC1)N1CCC[C@H](Nc2ncnc3[nH]ccc23)C1. The van der Waals surface area contributed by atoms with Crippen LogP contribution < -0.4 is 10.6 Å². The number of hydrogen-bond acceptors (Lipinski definition) is 5. The van der Waals surface area contributed by atoms with Gasteiger partial charge in [-0.25, -0.2) is 9.97 Å². The van der Waals surface area contributed by atoms with Crippen LogP contribution in [-0.2, 0) is 4.79 Å². The van der Waals surface area contributed by atoms with Gasteiger partial charge in [-0.3, -0.25) is 4.79 Å². The average molecular weight is 459 g/mol. The predicted octanol–water partition coefficient (Wildman–Crippen LogP) is 4.56. The third-order valence-electron chi connectivity index (χ3n) is 5.97. The number of likely N-dealkylation sites (tertiary alicyclic amines) is 1. The first kappa shape index (κ1) is 20.4. The van der Waals surface area contributed by atoms with Crippen LogP contribution in [0.2, 0.25) is 10.0 Å². The Morgan fingerprint density at radius 1 is 1.16 bits per heavy atom. The first-order valence-electron chi connectivity index (χ1n) is 10.6. The zero-order chi connectivity index (χ0) is 21.4. The lowest BCUT2D eigenvalue weighted by Crippen LogP contribution is -2.51. The fraction of sp³-hybridized carbons (Fsp3) is 0.409. The highest BCUT2D eigenvalue weighted by Crippen LogP contribution is 2.36. The predicted molar refractivity (Wildman–Crippen MR) is 124 cm³/mol. The molecule has 1 saturated carbocycles. The van der Waals surface area contributed by atoms with Gasteiger partial charge in [0.05, 0.1) is 5.39 Å². The minimum Gasteiger partial charge on any atom is -0.373 e. The summed E-state index contributed by atoms with van der Waals surface area (Å²) in [6.07, 6.45) is 7.46. The number of nitrogens with one attached hydrogen (secondary N) is 3. The van der Waals surface area contributed by atoms with Gasteiger partial charge in [-0.1, -0.05) is 23.2 Å². The highest BCUT2D eigenvalue weighted by atomic mass is 35.5. The van der Waals surface area contributed by atoms with Crippen LogP contribution in [0.15, 0.2) is 36.8 Å². The van der Waals surface area contributed by atoms with Crippen molar-refractivity contribution in [1.29, 1.82) is 0 Å². The molecule has 2 atom stereocenters. The van der Waals surface area contributed by atoms with Gasteiger partial charge in [0, 0.05) is 41.1 Å². The summed E-state index contributed by atoms with van der Waals surface area (Å²) in [4.78, 5) is 27.2. The van der Waals surface area contributed by atoms with E-state index in [4.69, 9.17) is 23.2 Å². The molecule has 3 N–H and O–H groups in total. The largest absolute Gasteiger partial charge is 0.373 e. The fourth-order valence-electron chi connectivity index (χ4n) is 4.30. The number of aromatic amines is 1. The summed E-state index contributed by atoms with van der Waals surface area (Å²) in [5.41, 5.74) is 1.59. The number of carbonyl (C=O) groups is 1. The van der Waals surface area contributed by atoms with Crippen molar-refractivity contribution < 1.29 is 4.79 Å². The van der Waals surface area contributed by atoms with Crippen LogP contribution in [0.5, 0.6) is 0 Å². The van der Waals surface area contributed by atoms with Crippen molar-refractivity contribution in [3.8, 4) is 0 Å². The van der Waals surface area contributed by atoms with Crippen molar-refractivity contribution in [2.75, 3.05) is 23.7 Å². The number of halogens is 2. The molecular formula is C22H24Cl2N6O. The standard InChI is InChI=1S/C22H24Cl2N6O/c23-14-8-15(24)10-17(9-14)28-19(13-3-4-13)22(31)30-7-1-2-16(11-30)29-21-18-5-6-25-20(18)26-12-27-21/h5-6,8-10,12-13,16,19,28H,1-4,7,11H2,(H2,25,26,27,29)/t16-,19?/m0/s1. The van der Waals surface area contributed by atoms with Crippen molar-refractivity contribution in [3.63, 3.8) is 0 Å². The average Bonchev–Trinajstić information content (AvgIpc) is 3.47. The smallest absolute Gasteiger partial charge is 0.245 e. The van der Waals surface area contributed by atoms with Crippen LogP contribution >= 0.6 is 23.2 Å². The lowest BCUT2D eigenvalue weighted by molar-refractivity contribution is -0.133. The molecule has 1 saturated heterocycles. The van der Waals surface area contributed by atoms with Crippen LogP contribution in [0.4, 0.5) is 11.5 Å². The molecular weight excluding hydrogens is 435 g/mol. The zero-order valence-corrected chi connectivity index (χ0v) is 18.5. The second-order valence-corrected chi connectivity index (χ2v) is 9.22. The third-order valence-corrected chi connectivity index (χ3v) is 6.41. The summed E-state index contributed by atoms with van der Waals surface area (Å²) < 4.78 is 0. The Hall–Kier alpha value is -2.51. The second-order valence-electron chi connectivity index (χ2n) is 8.35. The molecule has 1 unspecified atom stereocenters. The summed E-state index contributed by atoms with van der Waals surface area (Å²) in [6, 6.07) is 7.17. The number of amides is 1. The monoisotopic (exact) mass is 458 g/mol. The molecule has 3 heterocycles. The first-order chi connectivity index (χ1) is 15.1. The van der Waals surface area contributed by atoms with E-state index in [0.29, 0.717) is 22.5 Å². The van der Waals surface area contributed by atoms with Crippen LogP contribution in [-0.4, -0.2) is 50.9 Å². The summed E-state index contributed by atoms with van der Waals surface area (Å²) >= 11 is 12.3. The molecule has 1 aromatic carbocycles. The van der Waals surface area contributed by atoms with Crippen molar-refractivity contribution in [1.82, 2.24) is 19.9 Å². The summed E-state index contributed by atoms with van der Waals surface area (Å²) in [5, 5.41) is 8.99. The van der Waals surface area contributed by atoms with E-state index in [2.05, 4.69) is 25.6 Å². The maximum Gasteiger partial charge on any atom is 0.245 e. The van der Waals surface area contributed by atoms with Gasteiger partial charge >= 0.3 is 0 Å². The van der Waals surface area contributed by atoms with Crippen molar-refractivity contribution in [2.24, 2.45) is 5.92 Å². The molecule has 162 valence electrons. The van der Waals surface area contributed by atoms with Crippen LogP contribution in [0.3, 0.4) is 0 Å². The van der Waals surface area contributed by atoms with Gasteiger partial charge in [-0.15, -0.1) is 0 Å². The molecule has 2 aliphatic rings. The van der Waals surface area contributed by atoms with E-state index in [9.17, 15) is 4.79 Å². The van der Waals surface area contributed by atoms with Gasteiger partial charge in [0.25, 0.3) is 0 Å². The number of anilines is 2. The van der Waals surface area contributed by atoms with E-state index in [-0.39, 0.29) is 18.0 Å². The molecule has 1 aliphatic carbocycles. The highest BCUT2D eigenvalue weighted by Gasteiger charge is 2.39. The number of benzene rings is 1. The molecule has 1 amide bonds. The van der Waals surface area contributed by atoms with E-state index in [1.165, 1.54) is 0 Å². The lowest BCUT2D eigenvalue weighted by atomic mass is 10.0.